The number of halogens is 2. The molecule has 202 valence electrons. The summed E-state index contributed by atoms with van der Waals surface area (Å²) in [4.78, 5) is 50.8. The molecule has 1 aromatic heterocycles. The number of pyridine rings is 1. The van der Waals surface area contributed by atoms with Crippen molar-refractivity contribution >= 4 is 58.4 Å². The summed E-state index contributed by atoms with van der Waals surface area (Å²) in [6.45, 7) is 1.37. The molecule has 0 radical (unpaired) electrons. The van der Waals surface area contributed by atoms with Crippen LogP contribution in [0.4, 0.5) is 15.9 Å². The molecule has 1 aliphatic heterocycles. The average Bonchev–Trinajstić information content (AvgIpc) is 3.34. The Labute approximate surface area is 234 Å². The van der Waals surface area contributed by atoms with E-state index in [0.29, 0.717) is 27.9 Å². The number of carbonyl (C=O) groups is 3. The monoisotopic (exact) mass is 568 g/mol. The van der Waals surface area contributed by atoms with Crippen LogP contribution in [-0.2, 0) is 4.79 Å². The number of likely N-dealkylation sites (N-methyl/N-ethyl adjacent to an activating group) is 1. The van der Waals surface area contributed by atoms with Crippen molar-refractivity contribution < 1.29 is 18.8 Å². The number of hydrogen-bond acceptors (Lipinski definition) is 7. The molecular formula is C27H26ClFN6O3S. The van der Waals surface area contributed by atoms with Gasteiger partial charge < -0.3 is 20.4 Å². The van der Waals surface area contributed by atoms with Crippen LogP contribution in [0, 0.1) is 5.82 Å². The smallest absolute Gasteiger partial charge is 0.258 e. The third kappa shape index (κ3) is 6.92. The number of rotatable bonds is 8. The highest BCUT2D eigenvalue weighted by Gasteiger charge is 2.21. The van der Waals surface area contributed by atoms with Crippen molar-refractivity contribution in [2.45, 2.75) is 4.90 Å². The van der Waals surface area contributed by atoms with Crippen LogP contribution in [-0.4, -0.2) is 78.3 Å². The van der Waals surface area contributed by atoms with Crippen LogP contribution >= 0.6 is 23.4 Å². The number of carbonyl (C=O) groups excluding carboxylic acids is 3. The van der Waals surface area contributed by atoms with Gasteiger partial charge in [-0.05, 0) is 42.5 Å². The van der Waals surface area contributed by atoms with Gasteiger partial charge in [0, 0.05) is 44.3 Å². The van der Waals surface area contributed by atoms with Crippen LogP contribution in [0.5, 0.6) is 0 Å². The lowest BCUT2D eigenvalue weighted by Crippen LogP contribution is -2.24. The number of benzene rings is 2. The standard InChI is InChI=1S/C27H26ClFN6O3S/c1-34(2)24(36)15-39-18-6-8-22(20(13-18)27(38)33-23-9-5-17(28)14-31-23)32-26(37)19-7-4-16(12-21(19)29)25-30-10-11-35(25)3/h4-9,12-14H,10-11,15H2,1-3H3,(H,32,37)(H,31,33,38). The SMILES string of the molecule is CN(C)C(=O)CSc1ccc(NC(=O)c2ccc(C3=NCCN3C)cc2F)c(C(=O)Nc2ccc(Cl)cn2)c1. The molecule has 9 nitrogen and oxygen atoms in total. The molecule has 4 rings (SSSR count). The Morgan fingerprint density at radius 3 is 2.46 bits per heavy atom. The van der Waals surface area contributed by atoms with Crippen molar-refractivity contribution in [1.29, 1.82) is 0 Å². The summed E-state index contributed by atoms with van der Waals surface area (Å²) in [6.07, 6.45) is 1.39. The van der Waals surface area contributed by atoms with Crippen molar-refractivity contribution in [3.8, 4) is 0 Å². The zero-order valence-corrected chi connectivity index (χ0v) is 23.1. The zero-order chi connectivity index (χ0) is 28.1. The predicted octanol–water partition coefficient (Wildman–Crippen LogP) is 4.25. The first-order valence-corrected chi connectivity index (χ1v) is 13.3. The molecule has 1 aliphatic rings. The van der Waals surface area contributed by atoms with Gasteiger partial charge in [-0.3, -0.25) is 19.4 Å². The molecule has 2 aromatic carbocycles. The van der Waals surface area contributed by atoms with E-state index in [1.54, 1.807) is 44.4 Å². The number of anilines is 2. The molecule has 2 heterocycles. The Morgan fingerprint density at radius 1 is 1.05 bits per heavy atom. The number of amidine groups is 1. The first-order chi connectivity index (χ1) is 18.6. The van der Waals surface area contributed by atoms with Crippen LogP contribution in [0.1, 0.15) is 26.3 Å². The number of nitrogens with one attached hydrogen (secondary N) is 2. The number of aromatic nitrogens is 1. The van der Waals surface area contributed by atoms with Crippen LogP contribution in [0.3, 0.4) is 0 Å². The molecule has 3 amide bonds. The maximum Gasteiger partial charge on any atom is 0.258 e. The van der Waals surface area contributed by atoms with E-state index < -0.39 is 17.6 Å². The summed E-state index contributed by atoms with van der Waals surface area (Å²) in [6, 6.07) is 12.2. The molecule has 0 fully saturated rings. The fourth-order valence-corrected chi connectivity index (χ4v) is 4.72. The minimum atomic E-state index is -0.720. The predicted molar refractivity (Wildman–Crippen MR) is 151 cm³/mol. The second-order valence-corrected chi connectivity index (χ2v) is 10.4. The summed E-state index contributed by atoms with van der Waals surface area (Å²) >= 11 is 7.12. The summed E-state index contributed by atoms with van der Waals surface area (Å²) in [7, 11) is 5.18. The largest absolute Gasteiger partial charge is 0.358 e. The number of aliphatic imine (C=N–C) groups is 1. The van der Waals surface area contributed by atoms with E-state index >= 15 is 0 Å². The lowest BCUT2D eigenvalue weighted by molar-refractivity contribution is -0.125. The molecule has 0 unspecified atom stereocenters. The molecule has 0 saturated heterocycles. The summed E-state index contributed by atoms with van der Waals surface area (Å²) in [5, 5.41) is 5.72. The Bertz CT molecular complexity index is 1450. The van der Waals surface area contributed by atoms with Crippen molar-refractivity contribution in [2.75, 3.05) is 50.6 Å². The molecule has 0 atom stereocenters. The van der Waals surface area contributed by atoms with Crippen LogP contribution in [0.2, 0.25) is 5.02 Å². The fraction of sp³-hybridized carbons (Fsp3) is 0.222. The first-order valence-electron chi connectivity index (χ1n) is 11.9. The maximum atomic E-state index is 15.0. The summed E-state index contributed by atoms with van der Waals surface area (Å²) in [5.74, 6) is -1.000. The van der Waals surface area contributed by atoms with Gasteiger partial charge in [0.25, 0.3) is 11.8 Å². The molecule has 0 aliphatic carbocycles. The van der Waals surface area contributed by atoms with Gasteiger partial charge in [-0.25, -0.2) is 9.37 Å². The number of thioether (sulfide) groups is 1. The zero-order valence-electron chi connectivity index (χ0n) is 21.5. The second kappa shape index (κ2) is 12.3. The lowest BCUT2D eigenvalue weighted by atomic mass is 10.1. The van der Waals surface area contributed by atoms with E-state index in [9.17, 15) is 18.8 Å². The maximum absolute atomic E-state index is 15.0. The molecule has 39 heavy (non-hydrogen) atoms. The van der Waals surface area contributed by atoms with Gasteiger partial charge in [-0.1, -0.05) is 17.7 Å². The van der Waals surface area contributed by atoms with Crippen molar-refractivity contribution in [1.82, 2.24) is 14.8 Å². The van der Waals surface area contributed by atoms with Crippen LogP contribution < -0.4 is 10.6 Å². The van der Waals surface area contributed by atoms with Gasteiger partial charge >= 0.3 is 0 Å². The molecule has 3 aromatic rings. The fourth-order valence-electron chi connectivity index (χ4n) is 3.69. The first kappa shape index (κ1) is 28.1. The van der Waals surface area contributed by atoms with Gasteiger partial charge in [-0.2, -0.15) is 0 Å². The van der Waals surface area contributed by atoms with E-state index in [1.165, 1.54) is 41.1 Å². The Hall–Kier alpha value is -3.96. The third-order valence-electron chi connectivity index (χ3n) is 5.84. The Balaban J connectivity index is 1.59. The highest BCUT2D eigenvalue weighted by molar-refractivity contribution is 8.00. The van der Waals surface area contributed by atoms with E-state index in [2.05, 4.69) is 20.6 Å². The molecule has 2 N–H and O–H groups in total. The topological polar surface area (TPSA) is 107 Å². The second-order valence-electron chi connectivity index (χ2n) is 8.88. The van der Waals surface area contributed by atoms with E-state index in [-0.39, 0.29) is 34.3 Å². The van der Waals surface area contributed by atoms with Crippen LogP contribution in [0.15, 0.2) is 64.6 Å². The third-order valence-corrected chi connectivity index (χ3v) is 7.05. The highest BCUT2D eigenvalue weighted by Crippen LogP contribution is 2.27. The quantitative estimate of drug-likeness (QED) is 0.393. The Morgan fingerprint density at radius 2 is 1.82 bits per heavy atom. The number of nitrogens with zero attached hydrogens (tertiary/aromatic N) is 4. The summed E-state index contributed by atoms with van der Waals surface area (Å²) < 4.78 is 15.0. The van der Waals surface area contributed by atoms with E-state index in [0.717, 1.165) is 6.54 Å². The van der Waals surface area contributed by atoms with E-state index in [4.69, 9.17) is 11.6 Å². The van der Waals surface area contributed by atoms with Crippen LogP contribution in [0.25, 0.3) is 0 Å². The van der Waals surface area contributed by atoms with Gasteiger partial charge in [0.15, 0.2) is 0 Å². The molecular weight excluding hydrogens is 543 g/mol. The Kier molecular flexibility index (Phi) is 8.82. The van der Waals surface area contributed by atoms with E-state index in [1.807, 2.05) is 11.9 Å². The molecule has 12 heteroatoms. The molecule has 0 saturated carbocycles. The average molecular weight is 569 g/mol. The highest BCUT2D eigenvalue weighted by atomic mass is 35.5. The minimum Gasteiger partial charge on any atom is -0.358 e. The molecule has 0 bridgehead atoms. The van der Waals surface area contributed by atoms with Crippen molar-refractivity contribution in [3.05, 3.63) is 82.3 Å². The lowest BCUT2D eigenvalue weighted by Gasteiger charge is -2.15. The van der Waals surface area contributed by atoms with Gasteiger partial charge in [-0.15, -0.1) is 11.8 Å². The van der Waals surface area contributed by atoms with Gasteiger partial charge in [0.1, 0.15) is 17.5 Å². The minimum absolute atomic E-state index is 0.0950. The summed E-state index contributed by atoms with van der Waals surface area (Å²) in [5.41, 5.74) is 0.675. The number of amides is 3. The molecule has 0 spiro atoms. The number of hydrogen-bond donors (Lipinski definition) is 2. The van der Waals surface area contributed by atoms with Gasteiger partial charge in [0.05, 0.1) is 34.1 Å². The van der Waals surface area contributed by atoms with Crippen molar-refractivity contribution in [3.63, 3.8) is 0 Å². The van der Waals surface area contributed by atoms with Gasteiger partial charge in [0.2, 0.25) is 5.91 Å². The normalized spacial score (nSPS) is 12.6. The van der Waals surface area contributed by atoms with Crippen molar-refractivity contribution in [2.24, 2.45) is 4.99 Å².